The normalized spacial score (nSPS) is 20.9. The van der Waals surface area contributed by atoms with Crippen LogP contribution in [0, 0.1) is 11.8 Å². The number of hydrogen-bond donors (Lipinski definition) is 2. The zero-order valence-corrected chi connectivity index (χ0v) is 20.1. The van der Waals surface area contributed by atoms with Crippen molar-refractivity contribution in [2.24, 2.45) is 11.8 Å². The number of ether oxygens (including phenoxy) is 2. The Balaban J connectivity index is 0.000000301. The van der Waals surface area contributed by atoms with Gasteiger partial charge in [-0.3, -0.25) is 14.9 Å². The molecule has 0 amide bonds. The van der Waals surface area contributed by atoms with Crippen LogP contribution in [-0.2, 0) is 20.9 Å². The summed E-state index contributed by atoms with van der Waals surface area (Å²) in [6.45, 7) is 4.36. The molecule has 0 bridgehead atoms. The highest BCUT2D eigenvalue weighted by atomic mass is 35.5. The quantitative estimate of drug-likeness (QED) is 0.513. The summed E-state index contributed by atoms with van der Waals surface area (Å²) in [7, 11) is 0. The fraction of sp³-hybridized carbons (Fsp3) is 0.455. The minimum atomic E-state index is -5.08. The Kier molecular flexibility index (Phi) is 11.1. The van der Waals surface area contributed by atoms with E-state index in [1.54, 1.807) is 18.5 Å². The predicted molar refractivity (Wildman–Crippen MR) is 118 cm³/mol. The van der Waals surface area contributed by atoms with Crippen molar-refractivity contribution < 1.29 is 55.6 Å². The molecule has 0 radical (unpaired) electrons. The lowest BCUT2D eigenvalue weighted by molar-refractivity contribution is -0.193. The smallest absolute Gasteiger partial charge is 0.490 e. The average Bonchev–Trinajstić information content (AvgIpc) is 3.38. The summed E-state index contributed by atoms with van der Waals surface area (Å²) < 4.78 is 75.3. The lowest BCUT2D eigenvalue weighted by Crippen LogP contribution is -2.26. The Morgan fingerprint density at radius 2 is 1.68 bits per heavy atom. The summed E-state index contributed by atoms with van der Waals surface area (Å²) in [5.74, 6) is -3.86. The number of pyridine rings is 2. The molecule has 2 N–H and O–H groups in total. The summed E-state index contributed by atoms with van der Waals surface area (Å²) in [4.78, 5) is 28.5. The van der Waals surface area contributed by atoms with Gasteiger partial charge < -0.3 is 19.7 Å². The van der Waals surface area contributed by atoms with Crippen LogP contribution in [0.15, 0.2) is 43.0 Å². The SMILES string of the molecule is Clc1cncc(OC[C@@H]2CO[C@@H]3CN(Cc4cccnc4)C[C@H]23)c1.O=C(O)C(F)(F)F.O=C(O)C(F)(F)F. The van der Waals surface area contributed by atoms with E-state index in [0.29, 0.717) is 29.6 Å². The number of rotatable bonds is 5. The van der Waals surface area contributed by atoms with Crippen molar-refractivity contribution in [3.63, 3.8) is 0 Å². The number of alkyl halides is 6. The van der Waals surface area contributed by atoms with Crippen LogP contribution >= 0.6 is 11.6 Å². The highest BCUT2D eigenvalue weighted by molar-refractivity contribution is 6.30. The lowest BCUT2D eigenvalue weighted by Gasteiger charge is -2.19. The van der Waals surface area contributed by atoms with Crippen LogP contribution in [0.1, 0.15) is 5.56 Å². The van der Waals surface area contributed by atoms with Crippen molar-refractivity contribution in [3.05, 3.63) is 53.6 Å². The molecule has 0 unspecified atom stereocenters. The molecule has 2 aliphatic rings. The second kappa shape index (κ2) is 13.6. The van der Waals surface area contributed by atoms with Gasteiger partial charge in [-0.2, -0.15) is 26.3 Å². The minimum absolute atomic E-state index is 0.313. The van der Waals surface area contributed by atoms with Crippen molar-refractivity contribution in [2.75, 3.05) is 26.3 Å². The number of likely N-dealkylation sites (tertiary alicyclic amines) is 1. The van der Waals surface area contributed by atoms with E-state index in [1.807, 2.05) is 18.5 Å². The van der Waals surface area contributed by atoms with Crippen LogP contribution in [0.3, 0.4) is 0 Å². The van der Waals surface area contributed by atoms with Gasteiger partial charge in [0.15, 0.2) is 0 Å². The number of carbonyl (C=O) groups is 2. The van der Waals surface area contributed by atoms with Gasteiger partial charge in [-0.25, -0.2) is 9.59 Å². The number of halogens is 7. The predicted octanol–water partition coefficient (Wildman–Crippen LogP) is 3.92. The highest BCUT2D eigenvalue weighted by Crippen LogP contribution is 2.34. The minimum Gasteiger partial charge on any atom is -0.492 e. The zero-order valence-electron chi connectivity index (χ0n) is 19.3. The summed E-state index contributed by atoms with van der Waals surface area (Å²) in [6.07, 6.45) is -2.81. The number of carboxylic acids is 2. The molecule has 210 valence electrons. The van der Waals surface area contributed by atoms with Crippen molar-refractivity contribution in [1.29, 1.82) is 0 Å². The fourth-order valence-electron chi connectivity index (χ4n) is 3.61. The van der Waals surface area contributed by atoms with E-state index < -0.39 is 24.3 Å². The molecular formula is C22H22ClF6N3O6. The first-order valence-corrected chi connectivity index (χ1v) is 11.1. The lowest BCUT2D eigenvalue weighted by atomic mass is 9.94. The zero-order chi connectivity index (χ0) is 28.5. The van der Waals surface area contributed by atoms with Gasteiger partial charge in [-0.15, -0.1) is 0 Å². The number of hydrogen-bond acceptors (Lipinski definition) is 7. The van der Waals surface area contributed by atoms with Gasteiger partial charge >= 0.3 is 24.3 Å². The maximum Gasteiger partial charge on any atom is 0.490 e. The van der Waals surface area contributed by atoms with E-state index in [-0.39, 0.29) is 0 Å². The number of aliphatic carboxylic acids is 2. The van der Waals surface area contributed by atoms with Gasteiger partial charge in [0, 0.05) is 56.1 Å². The Morgan fingerprint density at radius 3 is 2.21 bits per heavy atom. The summed E-state index contributed by atoms with van der Waals surface area (Å²) in [5, 5.41) is 14.8. The maximum atomic E-state index is 10.6. The summed E-state index contributed by atoms with van der Waals surface area (Å²) >= 11 is 5.95. The first-order chi connectivity index (χ1) is 17.7. The first kappa shape index (κ1) is 31.1. The fourth-order valence-corrected chi connectivity index (χ4v) is 3.77. The van der Waals surface area contributed by atoms with Crippen LogP contribution in [0.25, 0.3) is 0 Å². The molecule has 2 aromatic rings. The molecule has 4 heterocycles. The molecule has 4 rings (SSSR count). The molecular weight excluding hydrogens is 552 g/mol. The number of carboxylic acid groups (broad SMARTS) is 2. The Labute approximate surface area is 217 Å². The van der Waals surface area contributed by atoms with Crippen LogP contribution < -0.4 is 4.74 Å². The Morgan fingerprint density at radius 1 is 1.05 bits per heavy atom. The van der Waals surface area contributed by atoms with E-state index in [1.165, 1.54) is 5.56 Å². The van der Waals surface area contributed by atoms with Crippen molar-refractivity contribution in [2.45, 2.75) is 25.0 Å². The van der Waals surface area contributed by atoms with E-state index in [4.69, 9.17) is 40.9 Å². The van der Waals surface area contributed by atoms with Gasteiger partial charge in [0.25, 0.3) is 0 Å². The van der Waals surface area contributed by atoms with Gasteiger partial charge in [0.1, 0.15) is 5.75 Å². The Bertz CT molecular complexity index is 1040. The molecule has 0 spiro atoms. The molecule has 2 fully saturated rings. The van der Waals surface area contributed by atoms with Gasteiger partial charge in [0.05, 0.1) is 30.5 Å². The van der Waals surface area contributed by atoms with E-state index >= 15 is 0 Å². The third kappa shape index (κ3) is 10.3. The van der Waals surface area contributed by atoms with E-state index in [2.05, 4.69) is 20.9 Å². The van der Waals surface area contributed by atoms with Crippen molar-refractivity contribution in [1.82, 2.24) is 14.9 Å². The molecule has 9 nitrogen and oxygen atoms in total. The standard InChI is InChI=1S/C18H20ClN3O2.2C2HF3O2/c19-15-4-16(7-21-6-15)23-11-14-12-24-18-10-22(9-17(14)18)8-13-2-1-3-20-5-13;2*3-2(4,5)1(6)7/h1-7,14,17-18H,8-12H2;2*(H,6,7)/t14-,17-,18-;;/m1../s1. The molecule has 0 aromatic carbocycles. The molecule has 0 aliphatic carbocycles. The molecule has 16 heteroatoms. The molecule has 2 aliphatic heterocycles. The van der Waals surface area contributed by atoms with Crippen LogP contribution in [0.2, 0.25) is 5.02 Å². The Hall–Kier alpha value is -3.17. The highest BCUT2D eigenvalue weighted by Gasteiger charge is 2.44. The average molecular weight is 574 g/mol. The van der Waals surface area contributed by atoms with Crippen LogP contribution in [0.5, 0.6) is 5.75 Å². The number of aromatic nitrogens is 2. The second-order valence-corrected chi connectivity index (χ2v) is 8.54. The monoisotopic (exact) mass is 573 g/mol. The van der Waals surface area contributed by atoms with Crippen molar-refractivity contribution >= 4 is 23.5 Å². The van der Waals surface area contributed by atoms with Gasteiger partial charge in [-0.1, -0.05) is 17.7 Å². The second-order valence-electron chi connectivity index (χ2n) is 8.11. The first-order valence-electron chi connectivity index (χ1n) is 10.7. The van der Waals surface area contributed by atoms with Crippen molar-refractivity contribution in [3.8, 4) is 5.75 Å². The topological polar surface area (TPSA) is 122 Å². The molecule has 3 atom stereocenters. The number of fused-ring (bicyclic) bond motifs is 1. The number of nitrogens with zero attached hydrogens (tertiary/aromatic N) is 3. The molecule has 0 saturated carbocycles. The summed E-state index contributed by atoms with van der Waals surface area (Å²) in [6, 6.07) is 5.90. The molecule has 2 aromatic heterocycles. The largest absolute Gasteiger partial charge is 0.492 e. The van der Waals surface area contributed by atoms with E-state index in [9.17, 15) is 26.3 Å². The van der Waals surface area contributed by atoms with Gasteiger partial charge in [-0.05, 0) is 11.6 Å². The third-order valence-electron chi connectivity index (χ3n) is 5.27. The molecule has 38 heavy (non-hydrogen) atoms. The molecule has 2 saturated heterocycles. The van der Waals surface area contributed by atoms with Crippen LogP contribution in [0.4, 0.5) is 26.3 Å². The van der Waals surface area contributed by atoms with E-state index in [0.717, 1.165) is 32.0 Å². The maximum absolute atomic E-state index is 10.6. The van der Waals surface area contributed by atoms with Gasteiger partial charge in [0.2, 0.25) is 0 Å². The summed E-state index contributed by atoms with van der Waals surface area (Å²) in [5.41, 5.74) is 1.25. The van der Waals surface area contributed by atoms with Crippen LogP contribution in [-0.4, -0.2) is 81.8 Å². The third-order valence-corrected chi connectivity index (χ3v) is 5.48.